The molecule has 1 rings (SSSR count). The van der Waals surface area contributed by atoms with Gasteiger partial charge in [0.05, 0.1) is 12.3 Å². The molecule has 5 nitrogen and oxygen atoms in total. The van der Waals surface area contributed by atoms with E-state index in [1.807, 2.05) is 0 Å². The fourth-order valence-electron chi connectivity index (χ4n) is 2.01. The SMILES string of the molecule is CCCC(CC)Nc1nc(Cl)nc(C)c1C(=O)OCC. The molecule has 0 saturated heterocycles. The molecule has 0 aliphatic carbocycles. The summed E-state index contributed by atoms with van der Waals surface area (Å²) < 4.78 is 5.06. The zero-order chi connectivity index (χ0) is 15.1. The van der Waals surface area contributed by atoms with E-state index in [4.69, 9.17) is 16.3 Å². The molecule has 1 atom stereocenters. The maximum atomic E-state index is 12.0. The number of carbonyl (C=O) groups excluding carboxylic acids is 1. The number of aromatic nitrogens is 2. The quantitative estimate of drug-likeness (QED) is 0.615. The first-order valence-electron chi connectivity index (χ1n) is 7.01. The van der Waals surface area contributed by atoms with Crippen LogP contribution in [0.1, 0.15) is 56.1 Å². The molecule has 0 bridgehead atoms. The van der Waals surface area contributed by atoms with E-state index in [-0.39, 0.29) is 11.3 Å². The Labute approximate surface area is 125 Å². The molecule has 0 aromatic carbocycles. The molecule has 0 aliphatic heterocycles. The molecule has 0 aliphatic rings. The highest BCUT2D eigenvalue weighted by Gasteiger charge is 2.21. The van der Waals surface area contributed by atoms with Gasteiger partial charge in [-0.15, -0.1) is 0 Å². The lowest BCUT2D eigenvalue weighted by Crippen LogP contribution is -2.22. The molecule has 0 saturated carbocycles. The highest BCUT2D eigenvalue weighted by atomic mass is 35.5. The standard InChI is InChI=1S/C14H22ClN3O2/c1-5-8-10(6-2)17-12-11(13(19)20-7-3)9(4)16-14(15)18-12/h10H,5-8H2,1-4H3,(H,16,17,18). The molecule has 0 amide bonds. The average molecular weight is 300 g/mol. The largest absolute Gasteiger partial charge is 0.462 e. The molecule has 6 heteroatoms. The third-order valence-corrected chi connectivity index (χ3v) is 3.18. The van der Waals surface area contributed by atoms with Crippen LogP contribution in [0.4, 0.5) is 5.82 Å². The Balaban J connectivity index is 3.12. The summed E-state index contributed by atoms with van der Waals surface area (Å²) in [6, 6.07) is 0.249. The van der Waals surface area contributed by atoms with Crippen LogP contribution in [0.2, 0.25) is 5.28 Å². The number of nitrogens with one attached hydrogen (secondary N) is 1. The van der Waals surface area contributed by atoms with E-state index in [1.54, 1.807) is 13.8 Å². The van der Waals surface area contributed by atoms with Crippen molar-refractivity contribution in [3.8, 4) is 0 Å². The first-order chi connectivity index (χ1) is 9.53. The summed E-state index contributed by atoms with van der Waals surface area (Å²) in [5.74, 6) is 0.0387. The number of esters is 1. The van der Waals surface area contributed by atoms with Crippen molar-refractivity contribution in [2.24, 2.45) is 0 Å². The van der Waals surface area contributed by atoms with Gasteiger partial charge in [0, 0.05) is 6.04 Å². The van der Waals surface area contributed by atoms with Crippen LogP contribution in [0.25, 0.3) is 0 Å². The first-order valence-corrected chi connectivity index (χ1v) is 7.38. The number of ether oxygens (including phenoxy) is 1. The van der Waals surface area contributed by atoms with Gasteiger partial charge < -0.3 is 10.1 Å². The maximum absolute atomic E-state index is 12.0. The molecule has 1 aromatic heterocycles. The Bertz CT molecular complexity index is 466. The minimum absolute atomic E-state index is 0.129. The molecule has 1 heterocycles. The smallest absolute Gasteiger partial charge is 0.343 e. The van der Waals surface area contributed by atoms with Crippen molar-refractivity contribution in [1.82, 2.24) is 9.97 Å². The topological polar surface area (TPSA) is 64.1 Å². The van der Waals surface area contributed by atoms with Gasteiger partial charge in [-0.25, -0.2) is 9.78 Å². The Morgan fingerprint density at radius 3 is 2.60 bits per heavy atom. The van der Waals surface area contributed by atoms with Crippen molar-refractivity contribution in [3.63, 3.8) is 0 Å². The lowest BCUT2D eigenvalue weighted by atomic mass is 10.1. The van der Waals surface area contributed by atoms with Crippen LogP contribution >= 0.6 is 11.6 Å². The second-order valence-electron chi connectivity index (χ2n) is 4.56. The van der Waals surface area contributed by atoms with Crippen LogP contribution in [-0.4, -0.2) is 28.6 Å². The summed E-state index contributed by atoms with van der Waals surface area (Å²) in [6.45, 7) is 8.02. The summed E-state index contributed by atoms with van der Waals surface area (Å²) in [5.41, 5.74) is 0.892. The summed E-state index contributed by atoms with van der Waals surface area (Å²) in [7, 11) is 0. The number of nitrogens with zero attached hydrogens (tertiary/aromatic N) is 2. The summed E-state index contributed by atoms with van der Waals surface area (Å²) in [6.07, 6.45) is 2.99. The third-order valence-electron chi connectivity index (χ3n) is 3.01. The van der Waals surface area contributed by atoms with Gasteiger partial charge in [0.1, 0.15) is 11.4 Å². The Kier molecular flexibility index (Phi) is 6.71. The van der Waals surface area contributed by atoms with Crippen molar-refractivity contribution in [2.45, 2.75) is 53.0 Å². The lowest BCUT2D eigenvalue weighted by molar-refractivity contribution is 0.0525. The minimum atomic E-state index is -0.421. The number of rotatable bonds is 7. The van der Waals surface area contributed by atoms with E-state index in [9.17, 15) is 4.79 Å². The fourth-order valence-corrected chi connectivity index (χ4v) is 2.22. The normalized spacial score (nSPS) is 12.1. The van der Waals surface area contributed by atoms with Gasteiger partial charge in [-0.1, -0.05) is 20.3 Å². The number of carbonyl (C=O) groups is 1. The number of halogens is 1. The van der Waals surface area contributed by atoms with Gasteiger partial charge in [-0.3, -0.25) is 0 Å². The zero-order valence-corrected chi connectivity index (χ0v) is 13.3. The number of hydrogen-bond donors (Lipinski definition) is 1. The van der Waals surface area contributed by atoms with Crippen molar-refractivity contribution >= 4 is 23.4 Å². The van der Waals surface area contributed by atoms with Crippen molar-refractivity contribution in [1.29, 1.82) is 0 Å². The van der Waals surface area contributed by atoms with Crippen LogP contribution in [0.3, 0.4) is 0 Å². The van der Waals surface area contributed by atoms with E-state index in [2.05, 4.69) is 29.1 Å². The second kappa shape index (κ2) is 8.04. The average Bonchev–Trinajstić information content (AvgIpc) is 2.37. The Hall–Kier alpha value is -1.36. The molecule has 1 unspecified atom stereocenters. The maximum Gasteiger partial charge on any atom is 0.343 e. The lowest BCUT2D eigenvalue weighted by Gasteiger charge is -2.19. The van der Waals surface area contributed by atoms with E-state index in [0.717, 1.165) is 19.3 Å². The van der Waals surface area contributed by atoms with E-state index in [0.29, 0.717) is 23.7 Å². The second-order valence-corrected chi connectivity index (χ2v) is 4.90. The Morgan fingerprint density at radius 2 is 2.05 bits per heavy atom. The molecule has 1 N–H and O–H groups in total. The fraction of sp³-hybridized carbons (Fsp3) is 0.643. The molecule has 0 fully saturated rings. The molecular weight excluding hydrogens is 278 g/mol. The van der Waals surface area contributed by atoms with Crippen LogP contribution in [0.5, 0.6) is 0 Å². The predicted octanol–water partition coefficient (Wildman–Crippen LogP) is 3.61. The van der Waals surface area contributed by atoms with E-state index < -0.39 is 5.97 Å². The van der Waals surface area contributed by atoms with Gasteiger partial charge in [0.25, 0.3) is 0 Å². The molecular formula is C14H22ClN3O2. The monoisotopic (exact) mass is 299 g/mol. The number of aryl methyl sites for hydroxylation is 1. The van der Waals surface area contributed by atoms with Crippen LogP contribution in [-0.2, 0) is 4.74 Å². The third kappa shape index (κ3) is 4.34. The first kappa shape index (κ1) is 16.7. The Morgan fingerprint density at radius 1 is 1.35 bits per heavy atom. The predicted molar refractivity (Wildman–Crippen MR) is 80.3 cm³/mol. The highest BCUT2D eigenvalue weighted by molar-refractivity contribution is 6.28. The van der Waals surface area contributed by atoms with Crippen LogP contribution in [0, 0.1) is 6.92 Å². The number of hydrogen-bond acceptors (Lipinski definition) is 5. The molecule has 20 heavy (non-hydrogen) atoms. The van der Waals surface area contributed by atoms with Crippen LogP contribution < -0.4 is 5.32 Å². The van der Waals surface area contributed by atoms with Gasteiger partial charge in [0.2, 0.25) is 5.28 Å². The highest BCUT2D eigenvalue weighted by Crippen LogP contribution is 2.22. The zero-order valence-electron chi connectivity index (χ0n) is 12.5. The molecule has 112 valence electrons. The molecule has 0 spiro atoms. The molecule has 1 aromatic rings. The van der Waals surface area contributed by atoms with Gasteiger partial charge in [-0.2, -0.15) is 4.98 Å². The van der Waals surface area contributed by atoms with Gasteiger partial charge in [-0.05, 0) is 38.3 Å². The molecule has 0 radical (unpaired) electrons. The summed E-state index contributed by atoms with van der Waals surface area (Å²) in [4.78, 5) is 20.2. The van der Waals surface area contributed by atoms with E-state index >= 15 is 0 Å². The van der Waals surface area contributed by atoms with E-state index in [1.165, 1.54) is 0 Å². The summed E-state index contributed by atoms with van der Waals surface area (Å²) in [5, 5.41) is 3.41. The number of anilines is 1. The van der Waals surface area contributed by atoms with Crippen LogP contribution in [0.15, 0.2) is 0 Å². The van der Waals surface area contributed by atoms with Crippen molar-refractivity contribution < 1.29 is 9.53 Å². The van der Waals surface area contributed by atoms with Gasteiger partial charge in [0.15, 0.2) is 0 Å². The van der Waals surface area contributed by atoms with Crippen molar-refractivity contribution in [2.75, 3.05) is 11.9 Å². The van der Waals surface area contributed by atoms with Gasteiger partial charge >= 0.3 is 5.97 Å². The summed E-state index contributed by atoms with van der Waals surface area (Å²) >= 11 is 5.89. The van der Waals surface area contributed by atoms with Crippen molar-refractivity contribution in [3.05, 3.63) is 16.5 Å². The minimum Gasteiger partial charge on any atom is -0.462 e.